The SMILES string of the molecule is CC(=O)O[C@H]1C=CC(=O)[C@](O)([C@H]2CCCN2C(=O)OC(C)(C)C)C1. The number of esters is 1. The highest BCUT2D eigenvalue weighted by Gasteiger charge is 2.52. The van der Waals surface area contributed by atoms with Crippen LogP contribution in [-0.2, 0) is 19.1 Å². The average Bonchev–Trinajstić information content (AvgIpc) is 2.90. The second-order valence-corrected chi connectivity index (χ2v) is 7.33. The molecule has 0 radical (unpaired) electrons. The molecule has 1 saturated heterocycles. The first kappa shape index (κ1) is 18.4. The van der Waals surface area contributed by atoms with Gasteiger partial charge < -0.3 is 19.5 Å². The van der Waals surface area contributed by atoms with E-state index in [4.69, 9.17) is 9.47 Å². The third kappa shape index (κ3) is 3.95. The van der Waals surface area contributed by atoms with Gasteiger partial charge in [-0.25, -0.2) is 4.79 Å². The highest BCUT2D eigenvalue weighted by molar-refractivity contribution is 5.99. The summed E-state index contributed by atoms with van der Waals surface area (Å²) in [6, 6.07) is -0.692. The van der Waals surface area contributed by atoms with Crippen molar-refractivity contribution in [1.29, 1.82) is 0 Å². The van der Waals surface area contributed by atoms with Gasteiger partial charge in [0.05, 0.1) is 6.04 Å². The Morgan fingerprint density at radius 1 is 1.38 bits per heavy atom. The van der Waals surface area contributed by atoms with Crippen molar-refractivity contribution in [3.63, 3.8) is 0 Å². The zero-order chi connectivity index (χ0) is 18.1. The van der Waals surface area contributed by atoms with Gasteiger partial charge in [-0.2, -0.15) is 0 Å². The van der Waals surface area contributed by atoms with Crippen molar-refractivity contribution in [1.82, 2.24) is 4.90 Å². The first-order chi connectivity index (χ1) is 11.0. The van der Waals surface area contributed by atoms with Crippen molar-refractivity contribution in [2.75, 3.05) is 6.54 Å². The standard InChI is InChI=1S/C17H25NO6/c1-11(19)23-12-7-8-14(20)17(22,10-12)13-6-5-9-18(13)15(21)24-16(2,3)4/h7-8,12-13,22H,5-6,9-10H2,1-4H3/t12-,13+,17+/m0/s1. The van der Waals surface area contributed by atoms with Crippen LogP contribution in [0.5, 0.6) is 0 Å². The molecule has 1 N–H and O–H groups in total. The van der Waals surface area contributed by atoms with E-state index < -0.39 is 41.2 Å². The van der Waals surface area contributed by atoms with E-state index in [1.807, 2.05) is 0 Å². The van der Waals surface area contributed by atoms with Crippen LogP contribution in [0, 0.1) is 0 Å². The number of hydrogen-bond donors (Lipinski definition) is 1. The molecule has 2 aliphatic rings. The fourth-order valence-electron chi connectivity index (χ4n) is 3.21. The van der Waals surface area contributed by atoms with Gasteiger partial charge in [-0.1, -0.05) is 0 Å². The Bertz CT molecular complexity index is 564. The van der Waals surface area contributed by atoms with Crippen molar-refractivity contribution in [3.05, 3.63) is 12.2 Å². The zero-order valence-corrected chi connectivity index (χ0v) is 14.6. The van der Waals surface area contributed by atoms with Crippen molar-refractivity contribution >= 4 is 17.8 Å². The van der Waals surface area contributed by atoms with Crippen molar-refractivity contribution in [3.8, 4) is 0 Å². The van der Waals surface area contributed by atoms with E-state index in [0.717, 1.165) is 0 Å². The predicted octanol–water partition coefficient (Wildman–Crippen LogP) is 1.58. The molecule has 2 rings (SSSR count). The van der Waals surface area contributed by atoms with E-state index in [2.05, 4.69) is 0 Å². The van der Waals surface area contributed by atoms with Crippen molar-refractivity contribution < 1.29 is 29.0 Å². The van der Waals surface area contributed by atoms with Crippen molar-refractivity contribution in [2.24, 2.45) is 0 Å². The summed E-state index contributed by atoms with van der Waals surface area (Å²) in [6.45, 7) is 6.96. The van der Waals surface area contributed by atoms with Crippen LogP contribution < -0.4 is 0 Å². The fourth-order valence-corrected chi connectivity index (χ4v) is 3.21. The van der Waals surface area contributed by atoms with Gasteiger partial charge in [0.1, 0.15) is 11.7 Å². The number of amides is 1. The lowest BCUT2D eigenvalue weighted by molar-refractivity contribution is -0.155. The van der Waals surface area contributed by atoms with Crippen molar-refractivity contribution in [2.45, 2.75) is 70.3 Å². The summed E-state index contributed by atoms with van der Waals surface area (Å²) in [5.74, 6) is -0.969. The minimum atomic E-state index is -1.78. The number of carbonyl (C=O) groups excluding carboxylic acids is 3. The molecule has 0 bridgehead atoms. The Morgan fingerprint density at radius 3 is 2.62 bits per heavy atom. The molecule has 0 saturated carbocycles. The van der Waals surface area contributed by atoms with Gasteiger partial charge in [-0.3, -0.25) is 9.59 Å². The Kier molecular flexibility index (Phi) is 5.03. The monoisotopic (exact) mass is 339 g/mol. The highest BCUT2D eigenvalue weighted by atomic mass is 16.6. The van der Waals surface area contributed by atoms with Crippen LogP contribution in [0.15, 0.2) is 12.2 Å². The van der Waals surface area contributed by atoms with Gasteiger partial charge >= 0.3 is 12.1 Å². The normalized spacial score (nSPS) is 30.4. The predicted molar refractivity (Wildman–Crippen MR) is 85.2 cm³/mol. The molecule has 7 nitrogen and oxygen atoms in total. The number of aliphatic hydroxyl groups is 1. The number of ketones is 1. The summed E-state index contributed by atoms with van der Waals surface area (Å²) >= 11 is 0. The molecule has 0 aromatic rings. The van der Waals surface area contributed by atoms with Crippen LogP contribution in [0.1, 0.15) is 47.0 Å². The molecule has 24 heavy (non-hydrogen) atoms. The second-order valence-electron chi connectivity index (χ2n) is 7.33. The Balaban J connectivity index is 2.20. The lowest BCUT2D eigenvalue weighted by atomic mass is 9.79. The maximum Gasteiger partial charge on any atom is 0.410 e. The average molecular weight is 339 g/mol. The lowest BCUT2D eigenvalue weighted by Crippen LogP contribution is -2.59. The number of hydrogen-bond acceptors (Lipinski definition) is 6. The molecule has 1 fully saturated rings. The summed E-state index contributed by atoms with van der Waals surface area (Å²) in [6.07, 6.45) is 2.54. The molecule has 1 aliphatic heterocycles. The molecular weight excluding hydrogens is 314 g/mol. The van der Waals surface area contributed by atoms with E-state index in [1.165, 1.54) is 24.0 Å². The Morgan fingerprint density at radius 2 is 2.04 bits per heavy atom. The molecule has 1 aliphatic carbocycles. The molecule has 1 amide bonds. The first-order valence-electron chi connectivity index (χ1n) is 8.15. The molecule has 134 valence electrons. The van der Waals surface area contributed by atoms with Crippen LogP contribution in [0.25, 0.3) is 0 Å². The fraction of sp³-hybridized carbons (Fsp3) is 0.706. The minimum absolute atomic E-state index is 0.0636. The third-order valence-electron chi connectivity index (χ3n) is 4.15. The maximum atomic E-state index is 12.4. The third-order valence-corrected chi connectivity index (χ3v) is 4.15. The van der Waals surface area contributed by atoms with Gasteiger partial charge in [0, 0.05) is 19.9 Å². The zero-order valence-electron chi connectivity index (χ0n) is 14.6. The van der Waals surface area contributed by atoms with Crippen LogP contribution in [-0.4, -0.2) is 57.7 Å². The molecule has 0 spiro atoms. The number of nitrogens with zero attached hydrogens (tertiary/aromatic N) is 1. The Labute approximate surface area is 141 Å². The molecule has 3 atom stereocenters. The minimum Gasteiger partial charge on any atom is -0.458 e. The second kappa shape index (κ2) is 6.55. The molecule has 1 heterocycles. The van der Waals surface area contributed by atoms with Gasteiger partial charge in [0.15, 0.2) is 11.4 Å². The number of carbonyl (C=O) groups is 3. The van der Waals surface area contributed by atoms with E-state index in [0.29, 0.717) is 19.4 Å². The smallest absolute Gasteiger partial charge is 0.410 e. The highest BCUT2D eigenvalue weighted by Crippen LogP contribution is 2.35. The number of likely N-dealkylation sites (tertiary alicyclic amines) is 1. The van der Waals surface area contributed by atoms with E-state index in [-0.39, 0.29) is 6.42 Å². The van der Waals surface area contributed by atoms with Gasteiger partial charge in [0.25, 0.3) is 0 Å². The van der Waals surface area contributed by atoms with E-state index >= 15 is 0 Å². The van der Waals surface area contributed by atoms with Crippen LogP contribution in [0.3, 0.4) is 0 Å². The topological polar surface area (TPSA) is 93.1 Å². The molecule has 0 aromatic heterocycles. The van der Waals surface area contributed by atoms with Crippen LogP contribution in [0.2, 0.25) is 0 Å². The molecule has 0 unspecified atom stereocenters. The van der Waals surface area contributed by atoms with E-state index in [9.17, 15) is 19.5 Å². The summed E-state index contributed by atoms with van der Waals surface area (Å²) in [4.78, 5) is 37.3. The van der Waals surface area contributed by atoms with E-state index in [1.54, 1.807) is 20.8 Å². The maximum absolute atomic E-state index is 12.4. The largest absolute Gasteiger partial charge is 0.458 e. The summed E-state index contributed by atoms with van der Waals surface area (Å²) in [5, 5.41) is 11.0. The van der Waals surface area contributed by atoms with Crippen LogP contribution in [0.4, 0.5) is 4.79 Å². The Hall–Kier alpha value is -1.89. The summed E-state index contributed by atoms with van der Waals surface area (Å²) in [7, 11) is 0. The molecule has 0 aromatic carbocycles. The van der Waals surface area contributed by atoms with Gasteiger partial charge in [-0.05, 0) is 45.8 Å². The van der Waals surface area contributed by atoms with Gasteiger partial charge in [-0.15, -0.1) is 0 Å². The lowest BCUT2D eigenvalue weighted by Gasteiger charge is -2.40. The summed E-state index contributed by atoms with van der Waals surface area (Å²) < 4.78 is 10.5. The number of ether oxygens (including phenoxy) is 2. The van der Waals surface area contributed by atoms with Gasteiger partial charge in [0.2, 0.25) is 0 Å². The summed E-state index contributed by atoms with van der Waals surface area (Å²) in [5.41, 5.74) is -2.44. The quantitative estimate of drug-likeness (QED) is 0.768. The molecular formula is C17H25NO6. The number of rotatable bonds is 2. The molecule has 7 heteroatoms. The van der Waals surface area contributed by atoms with Crippen LogP contribution >= 0.6 is 0 Å². The first-order valence-corrected chi connectivity index (χ1v) is 8.15.